The molecular formula is C5H6BrN3O3. The van der Waals surface area contributed by atoms with Gasteiger partial charge in [-0.1, -0.05) is 0 Å². The summed E-state index contributed by atoms with van der Waals surface area (Å²) in [5, 5.41) is 22.6. The Morgan fingerprint density at radius 2 is 2.50 bits per heavy atom. The summed E-state index contributed by atoms with van der Waals surface area (Å²) in [4.78, 5) is 9.76. The van der Waals surface area contributed by atoms with Gasteiger partial charge in [-0.25, -0.2) is 0 Å². The fourth-order valence-electron chi connectivity index (χ4n) is 0.727. The van der Waals surface area contributed by atoms with E-state index in [2.05, 4.69) is 21.0 Å². The van der Waals surface area contributed by atoms with Crippen molar-refractivity contribution < 1.29 is 10.0 Å². The van der Waals surface area contributed by atoms with Crippen LogP contribution in [-0.2, 0) is 6.54 Å². The molecule has 1 aromatic rings. The van der Waals surface area contributed by atoms with Crippen LogP contribution >= 0.6 is 15.9 Å². The van der Waals surface area contributed by atoms with Crippen molar-refractivity contribution in [1.29, 1.82) is 0 Å². The second-order valence-electron chi connectivity index (χ2n) is 2.05. The molecule has 0 unspecified atom stereocenters. The van der Waals surface area contributed by atoms with Gasteiger partial charge in [0.05, 0.1) is 18.1 Å². The fraction of sp³-hybridized carbons (Fsp3) is 0.400. The van der Waals surface area contributed by atoms with Crippen molar-refractivity contribution in [3.63, 3.8) is 0 Å². The summed E-state index contributed by atoms with van der Waals surface area (Å²) in [7, 11) is 0. The Hall–Kier alpha value is -0.950. The van der Waals surface area contributed by atoms with Gasteiger partial charge in [-0.15, -0.1) is 0 Å². The lowest BCUT2D eigenvalue weighted by atomic mass is 10.6. The van der Waals surface area contributed by atoms with Crippen molar-refractivity contribution in [2.75, 3.05) is 6.61 Å². The van der Waals surface area contributed by atoms with E-state index in [0.717, 1.165) is 0 Å². The molecule has 0 fully saturated rings. The van der Waals surface area contributed by atoms with Crippen LogP contribution in [0, 0.1) is 10.1 Å². The molecule has 1 heterocycles. The van der Waals surface area contributed by atoms with Gasteiger partial charge in [0.25, 0.3) is 0 Å². The van der Waals surface area contributed by atoms with Crippen molar-refractivity contribution in [3.05, 3.63) is 20.9 Å². The van der Waals surface area contributed by atoms with Crippen LogP contribution in [0.1, 0.15) is 0 Å². The number of nitro groups is 1. The smallest absolute Gasteiger partial charge is 0.321 e. The monoisotopic (exact) mass is 235 g/mol. The molecule has 1 rings (SSSR count). The van der Waals surface area contributed by atoms with Gasteiger partial charge in [-0.05, 0) is 15.9 Å². The minimum atomic E-state index is -0.537. The van der Waals surface area contributed by atoms with Crippen molar-refractivity contribution in [1.82, 2.24) is 9.78 Å². The predicted octanol–water partition coefficient (Wildman–Crippen LogP) is 0.546. The van der Waals surface area contributed by atoms with Crippen LogP contribution in [0.5, 0.6) is 0 Å². The van der Waals surface area contributed by atoms with Crippen LogP contribution in [0.15, 0.2) is 10.8 Å². The Balaban J connectivity index is 2.92. The highest BCUT2D eigenvalue weighted by molar-refractivity contribution is 9.10. The highest BCUT2D eigenvalue weighted by Gasteiger charge is 2.16. The molecule has 0 radical (unpaired) electrons. The fourth-order valence-corrected chi connectivity index (χ4v) is 1.18. The summed E-state index contributed by atoms with van der Waals surface area (Å²) >= 11 is 2.93. The standard InChI is InChI=1S/C5H6BrN3O3/c6-5-4(9(11)12)3-8(7-5)1-2-10/h3,10H,1-2H2. The van der Waals surface area contributed by atoms with E-state index in [1.54, 1.807) is 0 Å². The van der Waals surface area contributed by atoms with Gasteiger partial charge in [0.2, 0.25) is 4.60 Å². The normalized spacial score (nSPS) is 10.2. The van der Waals surface area contributed by atoms with Crippen molar-refractivity contribution in [2.45, 2.75) is 6.54 Å². The lowest BCUT2D eigenvalue weighted by Gasteiger charge is -1.92. The summed E-state index contributed by atoms with van der Waals surface area (Å²) in [6.45, 7) is 0.164. The van der Waals surface area contributed by atoms with Crippen molar-refractivity contribution in [3.8, 4) is 0 Å². The summed E-state index contributed by atoms with van der Waals surface area (Å²) in [5.74, 6) is 0. The van der Waals surface area contributed by atoms with Gasteiger partial charge in [0, 0.05) is 0 Å². The van der Waals surface area contributed by atoms with Gasteiger partial charge in [-0.2, -0.15) is 5.10 Å². The van der Waals surface area contributed by atoms with Crippen molar-refractivity contribution in [2.24, 2.45) is 0 Å². The zero-order valence-electron chi connectivity index (χ0n) is 5.97. The molecule has 1 aromatic heterocycles. The van der Waals surface area contributed by atoms with Gasteiger partial charge < -0.3 is 5.11 Å². The highest BCUT2D eigenvalue weighted by Crippen LogP contribution is 2.21. The SMILES string of the molecule is O=[N+]([O-])c1cn(CCO)nc1Br. The lowest BCUT2D eigenvalue weighted by molar-refractivity contribution is -0.385. The average Bonchev–Trinajstić information content (AvgIpc) is 2.32. The van der Waals surface area contributed by atoms with Gasteiger partial charge >= 0.3 is 5.69 Å². The number of aromatic nitrogens is 2. The first-order valence-corrected chi connectivity index (χ1v) is 3.92. The number of aliphatic hydroxyl groups excluding tert-OH is 1. The van der Waals surface area contributed by atoms with Crippen LogP contribution in [0.25, 0.3) is 0 Å². The van der Waals surface area contributed by atoms with Crippen LogP contribution in [0.2, 0.25) is 0 Å². The molecule has 0 atom stereocenters. The van der Waals surface area contributed by atoms with Gasteiger partial charge in [0.15, 0.2) is 0 Å². The molecule has 0 saturated carbocycles. The molecule has 7 heteroatoms. The van der Waals surface area contributed by atoms with E-state index in [-0.39, 0.29) is 23.4 Å². The molecule has 0 saturated heterocycles. The first-order chi connectivity index (χ1) is 5.65. The molecule has 0 aliphatic heterocycles. The minimum absolute atomic E-state index is 0.0920. The van der Waals surface area contributed by atoms with E-state index >= 15 is 0 Å². The third kappa shape index (κ3) is 1.80. The number of hydrogen-bond donors (Lipinski definition) is 1. The van der Waals surface area contributed by atoms with E-state index in [4.69, 9.17) is 5.11 Å². The molecule has 0 aliphatic carbocycles. The quantitative estimate of drug-likeness (QED) is 0.613. The van der Waals surface area contributed by atoms with Crippen LogP contribution in [0.4, 0.5) is 5.69 Å². The second kappa shape index (κ2) is 3.63. The van der Waals surface area contributed by atoms with E-state index in [9.17, 15) is 10.1 Å². The zero-order valence-corrected chi connectivity index (χ0v) is 7.56. The zero-order chi connectivity index (χ0) is 9.14. The molecule has 6 nitrogen and oxygen atoms in total. The van der Waals surface area contributed by atoms with Crippen LogP contribution in [0.3, 0.4) is 0 Å². The van der Waals surface area contributed by atoms with Gasteiger partial charge in [-0.3, -0.25) is 14.8 Å². The lowest BCUT2D eigenvalue weighted by Crippen LogP contribution is -2.01. The molecule has 0 bridgehead atoms. The molecule has 0 amide bonds. The summed E-state index contributed by atoms with van der Waals surface area (Å²) in [5.41, 5.74) is -0.0940. The van der Waals surface area contributed by atoms with E-state index in [1.165, 1.54) is 10.9 Å². The number of aliphatic hydroxyl groups is 1. The Morgan fingerprint density at radius 1 is 1.83 bits per heavy atom. The first-order valence-electron chi connectivity index (χ1n) is 3.13. The maximum Gasteiger partial charge on any atom is 0.321 e. The molecule has 66 valence electrons. The Labute approximate surface area is 76.1 Å². The van der Waals surface area contributed by atoms with E-state index < -0.39 is 4.92 Å². The summed E-state index contributed by atoms with van der Waals surface area (Å²) in [6, 6.07) is 0. The number of nitrogens with zero attached hydrogens (tertiary/aromatic N) is 3. The maximum absolute atomic E-state index is 10.3. The third-order valence-electron chi connectivity index (χ3n) is 1.22. The molecule has 1 N–H and O–H groups in total. The second-order valence-corrected chi connectivity index (χ2v) is 2.80. The topological polar surface area (TPSA) is 81.2 Å². The highest BCUT2D eigenvalue weighted by atomic mass is 79.9. The van der Waals surface area contributed by atoms with Crippen molar-refractivity contribution >= 4 is 21.6 Å². The Morgan fingerprint density at radius 3 is 2.92 bits per heavy atom. The Kier molecular flexibility index (Phi) is 2.77. The number of hydrogen-bond acceptors (Lipinski definition) is 4. The van der Waals surface area contributed by atoms with Crippen LogP contribution < -0.4 is 0 Å². The van der Waals surface area contributed by atoms with Crippen LogP contribution in [-0.4, -0.2) is 26.4 Å². The summed E-state index contributed by atoms with van der Waals surface area (Å²) < 4.78 is 1.49. The molecule has 0 aliphatic rings. The maximum atomic E-state index is 10.3. The van der Waals surface area contributed by atoms with E-state index in [1.807, 2.05) is 0 Å². The largest absolute Gasteiger partial charge is 0.394 e. The molecule has 0 spiro atoms. The number of rotatable bonds is 3. The van der Waals surface area contributed by atoms with Gasteiger partial charge in [0.1, 0.15) is 6.20 Å². The molecule has 0 aromatic carbocycles. The molecule has 12 heavy (non-hydrogen) atoms. The summed E-state index contributed by atoms with van der Waals surface area (Å²) in [6.07, 6.45) is 1.26. The first kappa shape index (κ1) is 9.14. The Bertz CT molecular complexity index is 298. The molecular weight excluding hydrogens is 230 g/mol. The minimum Gasteiger partial charge on any atom is -0.394 e. The van der Waals surface area contributed by atoms with E-state index in [0.29, 0.717) is 0 Å². The predicted molar refractivity (Wildman–Crippen MR) is 43.7 cm³/mol. The number of halogens is 1. The third-order valence-corrected chi connectivity index (χ3v) is 1.79. The average molecular weight is 236 g/mol.